The van der Waals surface area contributed by atoms with Crippen molar-refractivity contribution in [3.63, 3.8) is 0 Å². The summed E-state index contributed by atoms with van der Waals surface area (Å²) in [6.07, 6.45) is 0.754. The van der Waals surface area contributed by atoms with Crippen molar-refractivity contribution in [3.05, 3.63) is 78.0 Å². The Kier molecular flexibility index (Phi) is 6.46. The summed E-state index contributed by atoms with van der Waals surface area (Å²) in [5.41, 5.74) is 3.21. The van der Waals surface area contributed by atoms with Crippen LogP contribution < -0.4 is 14.8 Å². The molecule has 4 aromatic rings. The standard InChI is InChI=1S/C25H25N3O4S/c1-4-17-8-7-9-21(12-17)33(29,30)16-24-25(28-23-11-6-5-10-22(23)27-24)26-18-13-19(31-2)15-20(14-18)32-3/h5-15H,4,16H2,1-3H3,(H,26,28). The van der Waals surface area contributed by atoms with Crippen molar-refractivity contribution in [1.29, 1.82) is 0 Å². The molecule has 0 saturated carbocycles. The number of fused-ring (bicyclic) bond motifs is 1. The van der Waals surface area contributed by atoms with Gasteiger partial charge in [-0.15, -0.1) is 0 Å². The Morgan fingerprint density at radius 3 is 2.15 bits per heavy atom. The SMILES string of the molecule is CCc1cccc(S(=O)(=O)Cc2nc3ccccc3nc2Nc2cc(OC)cc(OC)c2)c1. The lowest BCUT2D eigenvalue weighted by atomic mass is 10.2. The lowest BCUT2D eigenvalue weighted by Crippen LogP contribution is -2.11. The predicted molar refractivity (Wildman–Crippen MR) is 129 cm³/mol. The van der Waals surface area contributed by atoms with Gasteiger partial charge in [-0.2, -0.15) is 0 Å². The first-order chi connectivity index (χ1) is 15.9. The first-order valence-corrected chi connectivity index (χ1v) is 12.1. The Hall–Kier alpha value is -3.65. The molecule has 0 aliphatic rings. The first kappa shape index (κ1) is 22.5. The minimum Gasteiger partial charge on any atom is -0.497 e. The zero-order chi connectivity index (χ0) is 23.4. The van der Waals surface area contributed by atoms with Crippen molar-refractivity contribution < 1.29 is 17.9 Å². The third kappa shape index (κ3) is 5.06. The minimum atomic E-state index is -3.65. The lowest BCUT2D eigenvalue weighted by Gasteiger charge is -2.14. The van der Waals surface area contributed by atoms with Crippen LogP contribution in [0.4, 0.5) is 11.5 Å². The van der Waals surface area contributed by atoms with Gasteiger partial charge in [0, 0.05) is 23.9 Å². The van der Waals surface area contributed by atoms with Gasteiger partial charge in [0.25, 0.3) is 0 Å². The zero-order valence-corrected chi connectivity index (χ0v) is 19.5. The molecule has 0 amide bonds. The van der Waals surface area contributed by atoms with Crippen LogP contribution in [-0.4, -0.2) is 32.6 Å². The summed E-state index contributed by atoms with van der Waals surface area (Å²) in [6.45, 7) is 1.99. The fourth-order valence-electron chi connectivity index (χ4n) is 3.48. The normalized spacial score (nSPS) is 11.4. The molecule has 4 rings (SSSR count). The summed E-state index contributed by atoms with van der Waals surface area (Å²) in [4.78, 5) is 9.59. The Balaban J connectivity index is 1.78. The fourth-order valence-corrected chi connectivity index (χ4v) is 4.82. The van der Waals surface area contributed by atoms with E-state index >= 15 is 0 Å². The number of benzene rings is 3. The van der Waals surface area contributed by atoms with Gasteiger partial charge in [-0.3, -0.25) is 0 Å². The Labute approximate surface area is 193 Å². The van der Waals surface area contributed by atoms with Gasteiger partial charge < -0.3 is 14.8 Å². The molecule has 0 unspecified atom stereocenters. The van der Waals surface area contributed by atoms with Crippen molar-refractivity contribution in [2.45, 2.75) is 24.0 Å². The van der Waals surface area contributed by atoms with Crippen molar-refractivity contribution in [3.8, 4) is 11.5 Å². The molecule has 0 aliphatic heterocycles. The molecular weight excluding hydrogens is 438 g/mol. The molecular formula is C25H25N3O4S. The second-order valence-corrected chi connectivity index (χ2v) is 9.48. The number of nitrogens with one attached hydrogen (secondary N) is 1. The van der Waals surface area contributed by atoms with Gasteiger partial charge in [-0.25, -0.2) is 18.4 Å². The van der Waals surface area contributed by atoms with Gasteiger partial charge in [-0.1, -0.05) is 31.2 Å². The summed E-state index contributed by atoms with van der Waals surface area (Å²) in [5, 5.41) is 3.21. The van der Waals surface area contributed by atoms with E-state index < -0.39 is 9.84 Å². The van der Waals surface area contributed by atoms with E-state index in [4.69, 9.17) is 9.47 Å². The quantitative estimate of drug-likeness (QED) is 0.396. The van der Waals surface area contributed by atoms with E-state index in [2.05, 4.69) is 15.3 Å². The maximum atomic E-state index is 13.3. The summed E-state index contributed by atoms with van der Waals surface area (Å²) in [7, 11) is -0.514. The molecule has 3 aromatic carbocycles. The third-order valence-corrected chi connectivity index (χ3v) is 6.88. The zero-order valence-electron chi connectivity index (χ0n) is 18.7. The van der Waals surface area contributed by atoms with Crippen molar-refractivity contribution >= 4 is 32.4 Å². The minimum absolute atomic E-state index is 0.269. The van der Waals surface area contributed by atoms with E-state index in [0.29, 0.717) is 39.7 Å². The van der Waals surface area contributed by atoms with Crippen LogP contribution in [0.5, 0.6) is 11.5 Å². The topological polar surface area (TPSA) is 90.4 Å². The molecule has 0 saturated heterocycles. The molecule has 8 heteroatoms. The van der Waals surface area contributed by atoms with Crippen LogP contribution in [0, 0.1) is 0 Å². The Morgan fingerprint density at radius 1 is 0.848 bits per heavy atom. The van der Waals surface area contributed by atoms with E-state index in [9.17, 15) is 8.42 Å². The van der Waals surface area contributed by atoms with Crippen LogP contribution in [-0.2, 0) is 22.0 Å². The Bertz CT molecular complexity index is 1380. The molecule has 0 aliphatic carbocycles. The molecule has 0 bridgehead atoms. The highest BCUT2D eigenvalue weighted by molar-refractivity contribution is 7.90. The molecule has 0 atom stereocenters. The molecule has 1 N–H and O–H groups in total. The Morgan fingerprint density at radius 2 is 1.52 bits per heavy atom. The summed E-state index contributed by atoms with van der Waals surface area (Å²) in [5.74, 6) is 1.26. The number of anilines is 2. The van der Waals surface area contributed by atoms with Crippen LogP contribution in [0.15, 0.2) is 71.6 Å². The average molecular weight is 464 g/mol. The van der Waals surface area contributed by atoms with Gasteiger partial charge >= 0.3 is 0 Å². The fraction of sp³-hybridized carbons (Fsp3) is 0.200. The van der Waals surface area contributed by atoms with E-state index in [1.54, 1.807) is 50.6 Å². The van der Waals surface area contributed by atoms with Crippen LogP contribution in [0.25, 0.3) is 11.0 Å². The second-order valence-electron chi connectivity index (χ2n) is 7.49. The molecule has 170 valence electrons. The highest BCUT2D eigenvalue weighted by Crippen LogP contribution is 2.30. The molecule has 1 heterocycles. The summed E-state index contributed by atoms with van der Waals surface area (Å²) < 4.78 is 37.2. The number of rotatable bonds is 8. The van der Waals surface area contributed by atoms with E-state index in [1.165, 1.54) is 0 Å². The van der Waals surface area contributed by atoms with Gasteiger partial charge in [0.1, 0.15) is 17.3 Å². The summed E-state index contributed by atoms with van der Waals surface area (Å²) in [6, 6.07) is 19.7. The van der Waals surface area contributed by atoms with E-state index in [1.807, 2.05) is 37.3 Å². The lowest BCUT2D eigenvalue weighted by molar-refractivity contribution is 0.395. The molecule has 33 heavy (non-hydrogen) atoms. The largest absolute Gasteiger partial charge is 0.497 e. The first-order valence-electron chi connectivity index (χ1n) is 10.5. The van der Waals surface area contributed by atoms with Crippen molar-refractivity contribution in [1.82, 2.24) is 9.97 Å². The van der Waals surface area contributed by atoms with E-state index in [-0.39, 0.29) is 10.6 Å². The molecule has 0 radical (unpaired) electrons. The van der Waals surface area contributed by atoms with Gasteiger partial charge in [0.2, 0.25) is 0 Å². The molecule has 0 spiro atoms. The number of hydrogen-bond donors (Lipinski definition) is 1. The maximum Gasteiger partial charge on any atom is 0.184 e. The van der Waals surface area contributed by atoms with Crippen LogP contribution in [0.3, 0.4) is 0 Å². The van der Waals surface area contributed by atoms with Gasteiger partial charge in [0.05, 0.1) is 35.8 Å². The number of hydrogen-bond acceptors (Lipinski definition) is 7. The predicted octanol–water partition coefficient (Wildman–Crippen LogP) is 4.93. The molecule has 0 fully saturated rings. The van der Waals surface area contributed by atoms with Crippen LogP contribution in [0.1, 0.15) is 18.2 Å². The molecule has 7 nitrogen and oxygen atoms in total. The van der Waals surface area contributed by atoms with Gasteiger partial charge in [0.15, 0.2) is 15.7 Å². The highest BCUT2D eigenvalue weighted by Gasteiger charge is 2.21. The monoisotopic (exact) mass is 463 g/mol. The number of methoxy groups -OCH3 is 2. The highest BCUT2D eigenvalue weighted by atomic mass is 32.2. The van der Waals surface area contributed by atoms with Crippen molar-refractivity contribution in [2.75, 3.05) is 19.5 Å². The van der Waals surface area contributed by atoms with E-state index in [0.717, 1.165) is 12.0 Å². The average Bonchev–Trinajstić information content (AvgIpc) is 2.84. The summed E-state index contributed by atoms with van der Waals surface area (Å²) >= 11 is 0. The number of nitrogens with zero attached hydrogens (tertiary/aromatic N) is 2. The van der Waals surface area contributed by atoms with Crippen molar-refractivity contribution in [2.24, 2.45) is 0 Å². The third-order valence-electron chi connectivity index (χ3n) is 5.25. The van der Waals surface area contributed by atoms with Gasteiger partial charge in [-0.05, 0) is 36.2 Å². The smallest absolute Gasteiger partial charge is 0.184 e. The second kappa shape index (κ2) is 9.46. The van der Waals surface area contributed by atoms with Crippen LogP contribution in [0.2, 0.25) is 0 Å². The number of ether oxygens (including phenoxy) is 2. The number of sulfone groups is 1. The number of para-hydroxylation sites is 2. The maximum absolute atomic E-state index is 13.3. The number of aryl methyl sites for hydroxylation is 1. The number of aromatic nitrogens is 2. The molecule has 1 aromatic heterocycles. The van der Waals surface area contributed by atoms with Crippen LogP contribution >= 0.6 is 0 Å².